The third-order valence-electron chi connectivity index (χ3n) is 4.61. The minimum absolute atomic E-state index is 0.0707. The average molecular weight is 332 g/mol. The number of rotatable bonds is 8. The summed E-state index contributed by atoms with van der Waals surface area (Å²) in [6.45, 7) is 10.7. The van der Waals surface area contributed by atoms with E-state index < -0.39 is 0 Å². The van der Waals surface area contributed by atoms with Gasteiger partial charge in [0.2, 0.25) is 0 Å². The first-order valence-electron chi connectivity index (χ1n) is 7.67. The Hall–Kier alpha value is -0.320. The van der Waals surface area contributed by atoms with Crippen LogP contribution in [0.15, 0.2) is 18.2 Å². The molecule has 1 rings (SSSR count). The van der Waals surface area contributed by atoms with E-state index in [0.717, 1.165) is 31.5 Å². The number of nitrogens with zero attached hydrogens (tertiary/aromatic N) is 1. The molecule has 21 heavy (non-hydrogen) atoms. The predicted octanol–water partition coefficient (Wildman–Crippen LogP) is 4.40. The van der Waals surface area contributed by atoms with Crippen molar-refractivity contribution in [3.05, 3.63) is 33.8 Å². The molecule has 0 aliphatic heterocycles. The van der Waals surface area contributed by atoms with E-state index in [9.17, 15) is 0 Å². The number of nitrogens with one attached hydrogen (secondary N) is 1. The lowest BCUT2D eigenvalue weighted by Crippen LogP contribution is -2.57. The summed E-state index contributed by atoms with van der Waals surface area (Å²) < 4.78 is 0. The molecule has 0 heterocycles. The number of nitrogens with two attached hydrogens (primary N) is 1. The van der Waals surface area contributed by atoms with Gasteiger partial charge in [0.25, 0.3) is 0 Å². The van der Waals surface area contributed by atoms with Crippen LogP contribution in [0.1, 0.15) is 52.1 Å². The molecule has 5 heteroatoms. The van der Waals surface area contributed by atoms with Crippen molar-refractivity contribution in [1.29, 1.82) is 0 Å². The molecule has 3 nitrogen and oxygen atoms in total. The molecule has 0 aliphatic carbocycles. The fraction of sp³-hybridized carbons (Fsp3) is 0.625. The Bertz CT molecular complexity index is 443. The standard InChI is InChI=1S/C16H27Cl2N3/c1-5-16(6-2,21(7-3)8-4)15(20-19)12-10-9-11-13(17)14(12)18/h9-11,15,20H,5-8,19H2,1-4H3. The SMILES string of the molecule is CCN(CC)C(CC)(CC)C(NN)c1cccc(Cl)c1Cl. The largest absolute Gasteiger partial charge is 0.296 e. The van der Waals surface area contributed by atoms with Crippen LogP contribution in [0.25, 0.3) is 0 Å². The topological polar surface area (TPSA) is 41.3 Å². The van der Waals surface area contributed by atoms with Crippen LogP contribution in [-0.4, -0.2) is 23.5 Å². The molecule has 0 spiro atoms. The second-order valence-electron chi connectivity index (χ2n) is 5.23. The minimum atomic E-state index is -0.0907. The summed E-state index contributed by atoms with van der Waals surface area (Å²) in [6, 6.07) is 5.66. The first-order valence-corrected chi connectivity index (χ1v) is 8.42. The summed E-state index contributed by atoms with van der Waals surface area (Å²) in [7, 11) is 0. The highest BCUT2D eigenvalue weighted by Crippen LogP contribution is 2.41. The van der Waals surface area contributed by atoms with Crippen molar-refractivity contribution < 1.29 is 0 Å². The van der Waals surface area contributed by atoms with Gasteiger partial charge in [-0.15, -0.1) is 0 Å². The van der Waals surface area contributed by atoms with Crippen LogP contribution in [0, 0.1) is 0 Å². The van der Waals surface area contributed by atoms with Crippen LogP contribution in [0.3, 0.4) is 0 Å². The molecule has 1 aromatic carbocycles. The second kappa shape index (κ2) is 8.35. The minimum Gasteiger partial charge on any atom is -0.296 e. The van der Waals surface area contributed by atoms with E-state index in [0.29, 0.717) is 10.0 Å². The van der Waals surface area contributed by atoms with E-state index in [1.165, 1.54) is 0 Å². The lowest BCUT2D eigenvalue weighted by atomic mass is 9.79. The third-order valence-corrected chi connectivity index (χ3v) is 5.45. The quantitative estimate of drug-likeness (QED) is 0.548. The zero-order valence-corrected chi connectivity index (χ0v) is 14.9. The molecule has 0 aliphatic rings. The van der Waals surface area contributed by atoms with E-state index >= 15 is 0 Å². The van der Waals surface area contributed by atoms with Gasteiger partial charge < -0.3 is 0 Å². The summed E-state index contributed by atoms with van der Waals surface area (Å²) >= 11 is 12.6. The van der Waals surface area contributed by atoms with E-state index in [-0.39, 0.29) is 11.6 Å². The van der Waals surface area contributed by atoms with Gasteiger partial charge in [-0.3, -0.25) is 16.2 Å². The molecule has 0 amide bonds. The lowest BCUT2D eigenvalue weighted by Gasteiger charge is -2.48. The smallest absolute Gasteiger partial charge is 0.0658 e. The van der Waals surface area contributed by atoms with Gasteiger partial charge in [-0.25, -0.2) is 0 Å². The van der Waals surface area contributed by atoms with Crippen molar-refractivity contribution >= 4 is 23.2 Å². The maximum atomic E-state index is 6.43. The van der Waals surface area contributed by atoms with Crippen LogP contribution in [0.5, 0.6) is 0 Å². The van der Waals surface area contributed by atoms with Crippen molar-refractivity contribution in [2.75, 3.05) is 13.1 Å². The average Bonchev–Trinajstić information content (AvgIpc) is 2.51. The molecule has 1 aromatic rings. The molecule has 0 saturated carbocycles. The van der Waals surface area contributed by atoms with Gasteiger partial charge in [0, 0.05) is 5.54 Å². The molecule has 0 bridgehead atoms. The van der Waals surface area contributed by atoms with Crippen molar-refractivity contribution in [3.63, 3.8) is 0 Å². The molecule has 1 atom stereocenters. The highest BCUT2D eigenvalue weighted by molar-refractivity contribution is 6.42. The Balaban J connectivity index is 3.41. The van der Waals surface area contributed by atoms with E-state index in [2.05, 4.69) is 38.0 Å². The molecular formula is C16H27Cl2N3. The van der Waals surface area contributed by atoms with Gasteiger partial charge in [0.1, 0.15) is 0 Å². The number of benzene rings is 1. The summed E-state index contributed by atoms with van der Waals surface area (Å²) in [4.78, 5) is 2.45. The Morgan fingerprint density at radius 1 is 1.14 bits per heavy atom. The second-order valence-corrected chi connectivity index (χ2v) is 6.01. The monoisotopic (exact) mass is 331 g/mol. The molecule has 0 aromatic heterocycles. The molecule has 0 radical (unpaired) electrons. The predicted molar refractivity (Wildman–Crippen MR) is 92.8 cm³/mol. The maximum Gasteiger partial charge on any atom is 0.0658 e. The van der Waals surface area contributed by atoms with Crippen LogP contribution in [0.4, 0.5) is 0 Å². The van der Waals surface area contributed by atoms with Gasteiger partial charge in [-0.2, -0.15) is 0 Å². The van der Waals surface area contributed by atoms with Crippen molar-refractivity contribution in [2.24, 2.45) is 5.84 Å². The summed E-state index contributed by atoms with van der Waals surface area (Å²) in [6.07, 6.45) is 1.95. The van der Waals surface area contributed by atoms with Crippen molar-refractivity contribution in [2.45, 2.75) is 52.1 Å². The van der Waals surface area contributed by atoms with E-state index in [1.807, 2.05) is 12.1 Å². The maximum absolute atomic E-state index is 6.43. The Morgan fingerprint density at radius 3 is 2.14 bits per heavy atom. The van der Waals surface area contributed by atoms with E-state index in [1.54, 1.807) is 6.07 Å². The molecular weight excluding hydrogens is 305 g/mol. The summed E-state index contributed by atoms with van der Waals surface area (Å²) in [5.41, 5.74) is 3.86. The molecule has 1 unspecified atom stereocenters. The first-order chi connectivity index (χ1) is 10.0. The Morgan fingerprint density at radius 2 is 1.71 bits per heavy atom. The number of halogens is 2. The van der Waals surface area contributed by atoms with Gasteiger partial charge >= 0.3 is 0 Å². The summed E-state index contributed by atoms with van der Waals surface area (Å²) in [5.74, 6) is 5.93. The van der Waals surface area contributed by atoms with Crippen LogP contribution in [-0.2, 0) is 0 Å². The normalized spacial score (nSPS) is 13.7. The van der Waals surface area contributed by atoms with Gasteiger partial charge in [-0.05, 0) is 37.6 Å². The third kappa shape index (κ3) is 3.54. The zero-order valence-electron chi connectivity index (χ0n) is 13.4. The van der Waals surface area contributed by atoms with Crippen LogP contribution >= 0.6 is 23.2 Å². The van der Waals surface area contributed by atoms with Crippen LogP contribution < -0.4 is 11.3 Å². The molecule has 0 saturated heterocycles. The number of hydrogen-bond acceptors (Lipinski definition) is 3. The number of hydrazine groups is 1. The van der Waals surface area contributed by atoms with Crippen LogP contribution in [0.2, 0.25) is 10.0 Å². The van der Waals surface area contributed by atoms with Gasteiger partial charge in [-0.1, -0.05) is 63.0 Å². The Kier molecular flexibility index (Phi) is 7.45. The van der Waals surface area contributed by atoms with Gasteiger partial charge in [0.05, 0.1) is 16.1 Å². The molecule has 120 valence electrons. The van der Waals surface area contributed by atoms with E-state index in [4.69, 9.17) is 29.0 Å². The zero-order chi connectivity index (χ0) is 16.0. The fourth-order valence-corrected chi connectivity index (χ4v) is 3.84. The van der Waals surface area contributed by atoms with Crippen molar-refractivity contribution in [1.82, 2.24) is 10.3 Å². The number of hydrogen-bond donors (Lipinski definition) is 2. The first kappa shape index (κ1) is 18.7. The number of likely N-dealkylation sites (N-methyl/N-ethyl adjacent to an activating group) is 1. The van der Waals surface area contributed by atoms with Gasteiger partial charge in [0.15, 0.2) is 0 Å². The molecule has 3 N–H and O–H groups in total. The highest BCUT2D eigenvalue weighted by atomic mass is 35.5. The molecule has 0 fully saturated rings. The highest BCUT2D eigenvalue weighted by Gasteiger charge is 2.41. The lowest BCUT2D eigenvalue weighted by molar-refractivity contribution is 0.0487. The summed E-state index contributed by atoms with van der Waals surface area (Å²) in [5, 5.41) is 1.15. The fourth-order valence-electron chi connectivity index (χ4n) is 3.42. The van der Waals surface area contributed by atoms with Crippen molar-refractivity contribution in [3.8, 4) is 0 Å². The Labute approximate surface area is 138 Å².